The first-order valence-corrected chi connectivity index (χ1v) is 4.83. The Balaban J connectivity index is 2.49. The molecule has 1 N–H and O–H groups in total. The molecule has 0 aliphatic carbocycles. The Bertz CT molecular complexity index is 395. The van der Waals surface area contributed by atoms with E-state index < -0.39 is 5.92 Å². The number of nitrogens with zero attached hydrogens (tertiary/aromatic N) is 2. The molecule has 0 spiro atoms. The van der Waals surface area contributed by atoms with Gasteiger partial charge in [0.15, 0.2) is 0 Å². The number of ether oxygens (including phenoxy) is 1. The van der Waals surface area contributed by atoms with E-state index in [9.17, 15) is 4.79 Å². The SMILES string of the molecule is COc1ccc(CNC(=O)C(C)C#N)cn1. The third-order valence-corrected chi connectivity index (χ3v) is 2.06. The zero-order chi connectivity index (χ0) is 12.0. The van der Waals surface area contributed by atoms with Crippen LogP contribution in [0.25, 0.3) is 0 Å². The van der Waals surface area contributed by atoms with Crippen molar-refractivity contribution in [3.63, 3.8) is 0 Å². The summed E-state index contributed by atoms with van der Waals surface area (Å²) >= 11 is 0. The van der Waals surface area contributed by atoms with Crippen LogP contribution in [0, 0.1) is 17.2 Å². The maximum Gasteiger partial charge on any atom is 0.237 e. The standard InChI is InChI=1S/C11H13N3O2/c1-8(5-12)11(15)14-7-9-3-4-10(16-2)13-6-9/h3-4,6,8H,7H2,1-2H3,(H,14,15). The van der Waals surface area contributed by atoms with Gasteiger partial charge in [0.2, 0.25) is 11.8 Å². The Kier molecular flexibility index (Phi) is 4.28. The van der Waals surface area contributed by atoms with E-state index in [-0.39, 0.29) is 5.91 Å². The summed E-state index contributed by atoms with van der Waals surface area (Å²) in [5, 5.41) is 11.2. The van der Waals surface area contributed by atoms with Crippen molar-refractivity contribution in [1.82, 2.24) is 10.3 Å². The van der Waals surface area contributed by atoms with E-state index in [0.717, 1.165) is 5.56 Å². The predicted molar refractivity (Wildman–Crippen MR) is 57.4 cm³/mol. The molecule has 5 nitrogen and oxygen atoms in total. The van der Waals surface area contributed by atoms with Crippen LogP contribution in [-0.2, 0) is 11.3 Å². The number of methoxy groups -OCH3 is 1. The molecular formula is C11H13N3O2. The number of aromatic nitrogens is 1. The van der Waals surface area contributed by atoms with Gasteiger partial charge in [-0.1, -0.05) is 6.07 Å². The summed E-state index contributed by atoms with van der Waals surface area (Å²) in [7, 11) is 1.54. The molecule has 5 heteroatoms. The van der Waals surface area contributed by atoms with Crippen LogP contribution in [0.15, 0.2) is 18.3 Å². The van der Waals surface area contributed by atoms with E-state index in [1.165, 1.54) is 0 Å². The van der Waals surface area contributed by atoms with Crippen molar-refractivity contribution in [3.8, 4) is 11.9 Å². The van der Waals surface area contributed by atoms with Crippen molar-refractivity contribution in [2.24, 2.45) is 5.92 Å². The Labute approximate surface area is 94.1 Å². The van der Waals surface area contributed by atoms with Crippen molar-refractivity contribution in [2.75, 3.05) is 7.11 Å². The number of hydrogen-bond acceptors (Lipinski definition) is 4. The molecule has 0 radical (unpaired) electrons. The van der Waals surface area contributed by atoms with Crippen LogP contribution in [0.1, 0.15) is 12.5 Å². The maximum atomic E-state index is 11.3. The Hall–Kier alpha value is -2.09. The van der Waals surface area contributed by atoms with Gasteiger partial charge in [0.05, 0.1) is 13.2 Å². The van der Waals surface area contributed by atoms with Crippen LogP contribution in [0.4, 0.5) is 0 Å². The number of nitrogens with one attached hydrogen (secondary N) is 1. The molecule has 1 aromatic rings. The lowest BCUT2D eigenvalue weighted by atomic mass is 10.2. The molecule has 0 aliphatic rings. The summed E-state index contributed by atoms with van der Waals surface area (Å²) in [5.41, 5.74) is 0.860. The van der Waals surface area contributed by atoms with Gasteiger partial charge in [0.1, 0.15) is 5.92 Å². The van der Waals surface area contributed by atoms with Gasteiger partial charge in [-0.05, 0) is 12.5 Å². The van der Waals surface area contributed by atoms with E-state index in [1.807, 2.05) is 12.1 Å². The van der Waals surface area contributed by atoms with Crippen molar-refractivity contribution < 1.29 is 9.53 Å². The summed E-state index contributed by atoms with van der Waals surface area (Å²) in [6, 6.07) is 5.40. The van der Waals surface area contributed by atoms with Gasteiger partial charge in [0, 0.05) is 18.8 Å². The molecule has 0 bridgehead atoms. The quantitative estimate of drug-likeness (QED) is 0.815. The minimum absolute atomic E-state index is 0.279. The summed E-state index contributed by atoms with van der Waals surface area (Å²) in [6.45, 7) is 1.92. The molecule has 0 aliphatic heterocycles. The van der Waals surface area contributed by atoms with E-state index in [4.69, 9.17) is 10.00 Å². The van der Waals surface area contributed by atoms with Crippen molar-refractivity contribution in [2.45, 2.75) is 13.5 Å². The molecule has 16 heavy (non-hydrogen) atoms. The zero-order valence-electron chi connectivity index (χ0n) is 9.23. The van der Waals surface area contributed by atoms with Crippen molar-refractivity contribution >= 4 is 5.91 Å². The highest BCUT2D eigenvalue weighted by atomic mass is 16.5. The molecule has 0 saturated carbocycles. The average molecular weight is 219 g/mol. The van der Waals surface area contributed by atoms with Gasteiger partial charge in [-0.2, -0.15) is 5.26 Å². The van der Waals surface area contributed by atoms with Gasteiger partial charge in [-0.3, -0.25) is 4.79 Å². The average Bonchev–Trinajstić information content (AvgIpc) is 2.35. The molecular weight excluding hydrogens is 206 g/mol. The molecule has 1 atom stereocenters. The Morgan fingerprint density at radius 2 is 2.44 bits per heavy atom. The Morgan fingerprint density at radius 1 is 1.69 bits per heavy atom. The Morgan fingerprint density at radius 3 is 2.94 bits per heavy atom. The molecule has 0 fully saturated rings. The van der Waals surface area contributed by atoms with Gasteiger partial charge < -0.3 is 10.1 Å². The van der Waals surface area contributed by atoms with Crippen LogP contribution in [-0.4, -0.2) is 18.0 Å². The number of amides is 1. The van der Waals surface area contributed by atoms with E-state index >= 15 is 0 Å². The number of carbonyl (C=O) groups excluding carboxylic acids is 1. The lowest BCUT2D eigenvalue weighted by Crippen LogP contribution is -2.27. The molecule has 1 unspecified atom stereocenters. The van der Waals surface area contributed by atoms with E-state index in [2.05, 4.69) is 10.3 Å². The monoisotopic (exact) mass is 219 g/mol. The molecule has 1 rings (SSSR count). The van der Waals surface area contributed by atoms with Gasteiger partial charge in [-0.25, -0.2) is 4.98 Å². The number of pyridine rings is 1. The second-order valence-electron chi connectivity index (χ2n) is 3.28. The normalized spacial score (nSPS) is 11.3. The summed E-state index contributed by atoms with van der Waals surface area (Å²) in [6.07, 6.45) is 1.62. The highest BCUT2D eigenvalue weighted by molar-refractivity contribution is 5.80. The number of rotatable bonds is 4. The van der Waals surface area contributed by atoms with Crippen LogP contribution < -0.4 is 10.1 Å². The van der Waals surface area contributed by atoms with Crippen LogP contribution in [0.5, 0.6) is 5.88 Å². The summed E-state index contributed by atoms with van der Waals surface area (Å²) in [4.78, 5) is 15.3. The van der Waals surface area contributed by atoms with Crippen LogP contribution >= 0.6 is 0 Å². The highest BCUT2D eigenvalue weighted by Crippen LogP contribution is 2.06. The van der Waals surface area contributed by atoms with E-state index in [1.54, 1.807) is 26.3 Å². The number of hydrogen-bond donors (Lipinski definition) is 1. The van der Waals surface area contributed by atoms with Crippen LogP contribution in [0.3, 0.4) is 0 Å². The lowest BCUT2D eigenvalue weighted by molar-refractivity contribution is -0.123. The lowest BCUT2D eigenvalue weighted by Gasteiger charge is -2.06. The third kappa shape index (κ3) is 3.24. The molecule has 1 aromatic heterocycles. The van der Waals surface area contributed by atoms with Crippen molar-refractivity contribution in [3.05, 3.63) is 23.9 Å². The fourth-order valence-electron chi connectivity index (χ4n) is 1.04. The first-order valence-electron chi connectivity index (χ1n) is 4.83. The minimum Gasteiger partial charge on any atom is -0.481 e. The number of nitriles is 1. The third-order valence-electron chi connectivity index (χ3n) is 2.06. The summed E-state index contributed by atoms with van der Waals surface area (Å²) in [5.74, 6) is -0.384. The molecule has 0 saturated heterocycles. The van der Waals surface area contributed by atoms with Gasteiger partial charge in [-0.15, -0.1) is 0 Å². The first-order chi connectivity index (χ1) is 7.67. The topological polar surface area (TPSA) is 75.0 Å². The maximum absolute atomic E-state index is 11.3. The van der Waals surface area contributed by atoms with Crippen LogP contribution in [0.2, 0.25) is 0 Å². The fraction of sp³-hybridized carbons (Fsp3) is 0.364. The molecule has 0 aromatic carbocycles. The zero-order valence-corrected chi connectivity index (χ0v) is 9.23. The molecule has 1 amide bonds. The van der Waals surface area contributed by atoms with Gasteiger partial charge >= 0.3 is 0 Å². The number of carbonyl (C=O) groups is 1. The van der Waals surface area contributed by atoms with Crippen molar-refractivity contribution in [1.29, 1.82) is 5.26 Å². The fourth-order valence-corrected chi connectivity index (χ4v) is 1.04. The second-order valence-corrected chi connectivity index (χ2v) is 3.28. The smallest absolute Gasteiger partial charge is 0.237 e. The van der Waals surface area contributed by atoms with Gasteiger partial charge in [0.25, 0.3) is 0 Å². The predicted octanol–water partition coefficient (Wildman–Crippen LogP) is 0.866. The molecule has 1 heterocycles. The second kappa shape index (κ2) is 5.71. The molecule has 84 valence electrons. The minimum atomic E-state index is -0.633. The first kappa shape index (κ1) is 12.0. The summed E-state index contributed by atoms with van der Waals surface area (Å²) < 4.78 is 4.91. The van der Waals surface area contributed by atoms with E-state index in [0.29, 0.717) is 12.4 Å². The highest BCUT2D eigenvalue weighted by Gasteiger charge is 2.10. The largest absolute Gasteiger partial charge is 0.481 e.